The van der Waals surface area contributed by atoms with Gasteiger partial charge in [0.2, 0.25) is 0 Å². The molecule has 0 aliphatic carbocycles. The van der Waals surface area contributed by atoms with E-state index in [1.165, 1.54) is 12.1 Å². The van der Waals surface area contributed by atoms with Crippen molar-refractivity contribution in [1.29, 1.82) is 0 Å². The van der Waals surface area contributed by atoms with E-state index in [0.717, 1.165) is 4.47 Å². The maximum atomic E-state index is 13.0. The van der Waals surface area contributed by atoms with Gasteiger partial charge in [0.1, 0.15) is 11.6 Å². The number of benzene rings is 1. The number of hydrogen-bond donors (Lipinski definition) is 0. The molecule has 0 radical (unpaired) electrons. The first-order valence-corrected chi connectivity index (χ1v) is 4.79. The standard InChI is InChI=1S/C10H7BrFNO/c1-14-10-7-4-6(12)2-3-9(7)13-5-8(10)11/h2-5H,1H3. The number of nitrogens with zero attached hydrogens (tertiary/aromatic N) is 1. The number of pyridine rings is 1. The summed E-state index contributed by atoms with van der Waals surface area (Å²) >= 11 is 3.29. The molecule has 2 aromatic rings. The minimum absolute atomic E-state index is 0.296. The van der Waals surface area contributed by atoms with Crippen molar-refractivity contribution in [2.75, 3.05) is 7.11 Å². The second-order valence-electron chi connectivity index (χ2n) is 2.80. The molecule has 1 aromatic heterocycles. The van der Waals surface area contributed by atoms with Gasteiger partial charge in [-0.1, -0.05) is 0 Å². The summed E-state index contributed by atoms with van der Waals surface area (Å²) in [7, 11) is 1.55. The van der Waals surface area contributed by atoms with Crippen molar-refractivity contribution in [3.8, 4) is 5.75 Å². The number of halogens is 2. The van der Waals surface area contributed by atoms with E-state index in [-0.39, 0.29) is 5.82 Å². The third-order valence-corrected chi connectivity index (χ3v) is 2.51. The summed E-state index contributed by atoms with van der Waals surface area (Å²) in [6.45, 7) is 0. The lowest BCUT2D eigenvalue weighted by Crippen LogP contribution is -1.89. The van der Waals surface area contributed by atoms with Crippen molar-refractivity contribution in [3.05, 3.63) is 34.7 Å². The fraction of sp³-hybridized carbons (Fsp3) is 0.100. The number of ether oxygens (including phenoxy) is 1. The lowest BCUT2D eigenvalue weighted by Gasteiger charge is -2.06. The fourth-order valence-corrected chi connectivity index (χ4v) is 1.80. The van der Waals surface area contributed by atoms with E-state index in [1.807, 2.05) is 0 Å². The lowest BCUT2D eigenvalue weighted by atomic mass is 10.2. The van der Waals surface area contributed by atoms with Crippen LogP contribution >= 0.6 is 15.9 Å². The van der Waals surface area contributed by atoms with Gasteiger partial charge in [-0.2, -0.15) is 0 Å². The Kier molecular flexibility index (Phi) is 2.37. The van der Waals surface area contributed by atoms with Gasteiger partial charge in [0.25, 0.3) is 0 Å². The van der Waals surface area contributed by atoms with Gasteiger partial charge in [-0.3, -0.25) is 4.98 Å². The summed E-state index contributed by atoms with van der Waals surface area (Å²) < 4.78 is 18.9. The van der Waals surface area contributed by atoms with Gasteiger partial charge in [0.05, 0.1) is 17.1 Å². The van der Waals surface area contributed by atoms with Crippen LogP contribution in [0.4, 0.5) is 4.39 Å². The highest BCUT2D eigenvalue weighted by atomic mass is 79.9. The van der Waals surface area contributed by atoms with Crippen LogP contribution in [0.15, 0.2) is 28.9 Å². The van der Waals surface area contributed by atoms with Crippen molar-refractivity contribution < 1.29 is 9.13 Å². The van der Waals surface area contributed by atoms with Crippen LogP contribution in [0, 0.1) is 5.82 Å². The molecule has 1 aromatic carbocycles. The van der Waals surface area contributed by atoms with Crippen molar-refractivity contribution in [1.82, 2.24) is 4.98 Å². The van der Waals surface area contributed by atoms with E-state index in [2.05, 4.69) is 20.9 Å². The molecule has 0 aliphatic heterocycles. The average molecular weight is 256 g/mol. The third kappa shape index (κ3) is 1.46. The fourth-order valence-electron chi connectivity index (χ4n) is 1.32. The number of rotatable bonds is 1. The second-order valence-corrected chi connectivity index (χ2v) is 3.66. The van der Waals surface area contributed by atoms with Crippen LogP contribution < -0.4 is 4.74 Å². The van der Waals surface area contributed by atoms with Crippen molar-refractivity contribution in [2.45, 2.75) is 0 Å². The predicted molar refractivity (Wildman–Crippen MR) is 56.0 cm³/mol. The van der Waals surface area contributed by atoms with E-state index in [4.69, 9.17) is 4.74 Å². The van der Waals surface area contributed by atoms with Crippen LogP contribution in [-0.2, 0) is 0 Å². The van der Waals surface area contributed by atoms with Gasteiger partial charge in [0, 0.05) is 11.6 Å². The van der Waals surface area contributed by atoms with E-state index in [1.54, 1.807) is 19.4 Å². The molecule has 14 heavy (non-hydrogen) atoms. The van der Waals surface area contributed by atoms with Crippen LogP contribution in [0.5, 0.6) is 5.75 Å². The SMILES string of the molecule is COc1c(Br)cnc2ccc(F)cc12. The van der Waals surface area contributed by atoms with Crippen molar-refractivity contribution >= 4 is 26.8 Å². The quantitative estimate of drug-likeness (QED) is 0.781. The molecular weight excluding hydrogens is 249 g/mol. The summed E-state index contributed by atoms with van der Waals surface area (Å²) in [6.07, 6.45) is 1.64. The first kappa shape index (κ1) is 9.40. The Hall–Kier alpha value is -1.16. The van der Waals surface area contributed by atoms with Gasteiger partial charge in [0.15, 0.2) is 0 Å². The molecule has 0 fully saturated rings. The highest BCUT2D eigenvalue weighted by Gasteiger charge is 2.07. The molecule has 0 saturated carbocycles. The molecule has 0 aliphatic rings. The molecule has 0 unspecified atom stereocenters. The lowest BCUT2D eigenvalue weighted by molar-refractivity contribution is 0.416. The maximum Gasteiger partial charge on any atom is 0.144 e. The van der Waals surface area contributed by atoms with Crippen LogP contribution in [0.25, 0.3) is 10.9 Å². The Bertz CT molecular complexity index is 482. The van der Waals surface area contributed by atoms with Gasteiger partial charge in [-0.25, -0.2) is 4.39 Å². The molecule has 0 spiro atoms. The Morgan fingerprint density at radius 1 is 1.43 bits per heavy atom. The largest absolute Gasteiger partial charge is 0.495 e. The number of hydrogen-bond acceptors (Lipinski definition) is 2. The molecule has 0 amide bonds. The number of aromatic nitrogens is 1. The Labute approximate surface area is 88.8 Å². The number of methoxy groups -OCH3 is 1. The normalized spacial score (nSPS) is 10.5. The van der Waals surface area contributed by atoms with Crippen LogP contribution in [0.3, 0.4) is 0 Å². The Balaban J connectivity index is 2.84. The molecule has 2 nitrogen and oxygen atoms in total. The minimum Gasteiger partial charge on any atom is -0.495 e. The summed E-state index contributed by atoms with van der Waals surface area (Å²) in [5.41, 5.74) is 0.714. The average Bonchev–Trinajstić information content (AvgIpc) is 2.17. The second kappa shape index (κ2) is 3.53. The molecular formula is C10H7BrFNO. The molecule has 1 heterocycles. The topological polar surface area (TPSA) is 22.1 Å². The van der Waals surface area contributed by atoms with Gasteiger partial charge in [-0.15, -0.1) is 0 Å². The highest BCUT2D eigenvalue weighted by Crippen LogP contribution is 2.32. The van der Waals surface area contributed by atoms with E-state index < -0.39 is 0 Å². The van der Waals surface area contributed by atoms with Gasteiger partial charge in [-0.05, 0) is 34.1 Å². The first-order valence-electron chi connectivity index (χ1n) is 4.00. The Morgan fingerprint density at radius 2 is 2.21 bits per heavy atom. The minimum atomic E-state index is -0.296. The first-order chi connectivity index (χ1) is 6.72. The summed E-state index contributed by atoms with van der Waals surface area (Å²) in [5, 5.41) is 0.668. The molecule has 72 valence electrons. The zero-order valence-electron chi connectivity index (χ0n) is 7.42. The zero-order valence-corrected chi connectivity index (χ0v) is 9.01. The van der Waals surface area contributed by atoms with Gasteiger partial charge < -0.3 is 4.74 Å². The molecule has 0 saturated heterocycles. The van der Waals surface area contributed by atoms with Crippen molar-refractivity contribution in [3.63, 3.8) is 0 Å². The predicted octanol–water partition coefficient (Wildman–Crippen LogP) is 3.15. The monoisotopic (exact) mass is 255 g/mol. The molecule has 0 bridgehead atoms. The summed E-state index contributed by atoms with van der Waals surface area (Å²) in [5.74, 6) is 0.310. The molecule has 4 heteroatoms. The zero-order chi connectivity index (χ0) is 10.1. The van der Waals surface area contributed by atoms with Gasteiger partial charge >= 0.3 is 0 Å². The highest BCUT2D eigenvalue weighted by molar-refractivity contribution is 9.10. The summed E-state index contributed by atoms with van der Waals surface area (Å²) in [4.78, 5) is 4.14. The third-order valence-electron chi connectivity index (χ3n) is 1.94. The van der Waals surface area contributed by atoms with Crippen LogP contribution in [-0.4, -0.2) is 12.1 Å². The smallest absolute Gasteiger partial charge is 0.144 e. The van der Waals surface area contributed by atoms with E-state index in [0.29, 0.717) is 16.7 Å². The molecule has 0 atom stereocenters. The van der Waals surface area contributed by atoms with Crippen LogP contribution in [0.1, 0.15) is 0 Å². The van der Waals surface area contributed by atoms with E-state index >= 15 is 0 Å². The maximum absolute atomic E-state index is 13.0. The number of fused-ring (bicyclic) bond motifs is 1. The summed E-state index contributed by atoms with van der Waals surface area (Å²) in [6, 6.07) is 4.41. The van der Waals surface area contributed by atoms with Crippen LogP contribution in [0.2, 0.25) is 0 Å². The Morgan fingerprint density at radius 3 is 2.93 bits per heavy atom. The van der Waals surface area contributed by atoms with E-state index in [9.17, 15) is 4.39 Å². The van der Waals surface area contributed by atoms with Crippen molar-refractivity contribution in [2.24, 2.45) is 0 Å². The molecule has 2 rings (SSSR count). The molecule has 0 N–H and O–H groups in total.